The molecule has 1 aromatic rings. The van der Waals surface area contributed by atoms with Crippen molar-refractivity contribution < 1.29 is 9.47 Å². The number of piperazine rings is 1. The second kappa shape index (κ2) is 5.16. The minimum absolute atomic E-state index is 0.648. The lowest BCUT2D eigenvalue weighted by Crippen LogP contribution is -2.39. The molecule has 0 aliphatic carbocycles. The van der Waals surface area contributed by atoms with Crippen LogP contribution in [0.15, 0.2) is 23.1 Å². The Hall–Kier alpha value is -0.910. The molecular weight excluding hydrogens is 236 g/mol. The van der Waals surface area contributed by atoms with Crippen LogP contribution in [0, 0.1) is 0 Å². The number of rotatable bonds is 2. The highest BCUT2D eigenvalue weighted by Gasteiger charge is 2.15. The van der Waals surface area contributed by atoms with E-state index < -0.39 is 0 Å². The molecule has 3 rings (SSSR count). The summed E-state index contributed by atoms with van der Waals surface area (Å²) in [4.78, 5) is 1.22. The molecule has 1 N–H and O–H groups in total. The lowest BCUT2D eigenvalue weighted by atomic mass is 10.3. The van der Waals surface area contributed by atoms with Gasteiger partial charge in [0.2, 0.25) is 0 Å². The molecule has 0 amide bonds. The van der Waals surface area contributed by atoms with Crippen LogP contribution < -0.4 is 14.8 Å². The van der Waals surface area contributed by atoms with Crippen LogP contribution in [0.3, 0.4) is 0 Å². The normalized spacial score (nSPS) is 20.2. The third-order valence-corrected chi connectivity index (χ3v) is 3.91. The van der Waals surface area contributed by atoms with Crippen molar-refractivity contribution in [3.8, 4) is 11.5 Å². The number of nitrogens with one attached hydrogen (secondary N) is 1. The maximum absolute atomic E-state index is 5.58. The average molecular weight is 252 g/mol. The quantitative estimate of drug-likeness (QED) is 0.804. The lowest BCUT2D eigenvalue weighted by molar-refractivity contribution is 0.171. The molecule has 1 fully saturated rings. The predicted octanol–water partition coefficient (Wildman–Crippen LogP) is 1.37. The van der Waals surface area contributed by atoms with E-state index in [4.69, 9.17) is 9.47 Å². The predicted molar refractivity (Wildman–Crippen MR) is 67.7 cm³/mol. The third kappa shape index (κ3) is 2.68. The minimum atomic E-state index is 0.648. The van der Waals surface area contributed by atoms with Crippen molar-refractivity contribution in [1.82, 2.24) is 9.62 Å². The number of benzene rings is 1. The maximum atomic E-state index is 5.58. The zero-order chi connectivity index (χ0) is 11.5. The van der Waals surface area contributed by atoms with E-state index in [1.807, 2.05) is 6.07 Å². The van der Waals surface area contributed by atoms with Gasteiger partial charge >= 0.3 is 0 Å². The third-order valence-electron chi connectivity index (χ3n) is 2.82. The first-order valence-electron chi connectivity index (χ1n) is 5.95. The molecule has 0 aromatic heterocycles. The first kappa shape index (κ1) is 11.2. The van der Waals surface area contributed by atoms with Crippen molar-refractivity contribution in [2.75, 3.05) is 39.4 Å². The molecule has 0 bridgehead atoms. The molecule has 92 valence electrons. The van der Waals surface area contributed by atoms with E-state index in [1.165, 1.54) is 4.90 Å². The van der Waals surface area contributed by atoms with E-state index in [2.05, 4.69) is 21.8 Å². The van der Waals surface area contributed by atoms with Crippen molar-refractivity contribution in [3.05, 3.63) is 18.2 Å². The molecule has 2 aliphatic rings. The summed E-state index contributed by atoms with van der Waals surface area (Å²) >= 11 is 1.80. The number of hydrogen-bond acceptors (Lipinski definition) is 5. The van der Waals surface area contributed by atoms with Crippen molar-refractivity contribution in [1.29, 1.82) is 0 Å². The van der Waals surface area contributed by atoms with E-state index in [0.29, 0.717) is 13.2 Å². The highest BCUT2D eigenvalue weighted by molar-refractivity contribution is 7.97. The molecule has 0 radical (unpaired) electrons. The topological polar surface area (TPSA) is 33.7 Å². The van der Waals surface area contributed by atoms with Crippen LogP contribution in [0.5, 0.6) is 11.5 Å². The molecule has 0 spiro atoms. The molecule has 5 heteroatoms. The standard InChI is InChI=1S/C12H16N2O2S/c1-2-11-12(16-8-7-15-11)9-10(1)17-14-5-3-13-4-6-14/h1-2,9,13H,3-8H2. The molecule has 0 atom stereocenters. The van der Waals surface area contributed by atoms with Gasteiger partial charge in [0.15, 0.2) is 11.5 Å². The minimum Gasteiger partial charge on any atom is -0.486 e. The largest absolute Gasteiger partial charge is 0.486 e. The Morgan fingerprint density at radius 3 is 2.65 bits per heavy atom. The number of ether oxygens (including phenoxy) is 2. The van der Waals surface area contributed by atoms with Crippen LogP contribution in [0.4, 0.5) is 0 Å². The van der Waals surface area contributed by atoms with E-state index in [1.54, 1.807) is 11.9 Å². The van der Waals surface area contributed by atoms with Crippen LogP contribution in [0.2, 0.25) is 0 Å². The monoisotopic (exact) mass is 252 g/mol. The van der Waals surface area contributed by atoms with Gasteiger partial charge < -0.3 is 14.8 Å². The number of hydrogen-bond donors (Lipinski definition) is 1. The van der Waals surface area contributed by atoms with Crippen LogP contribution in [0.1, 0.15) is 0 Å². The van der Waals surface area contributed by atoms with Crippen molar-refractivity contribution in [2.24, 2.45) is 0 Å². The summed E-state index contributed by atoms with van der Waals surface area (Å²) in [7, 11) is 0. The van der Waals surface area contributed by atoms with Crippen molar-refractivity contribution in [3.63, 3.8) is 0 Å². The SMILES string of the molecule is c1cc2c(cc1SN1CCNCC1)OCCO2. The van der Waals surface area contributed by atoms with Gasteiger partial charge in [0.05, 0.1) is 0 Å². The van der Waals surface area contributed by atoms with Gasteiger partial charge in [-0.3, -0.25) is 0 Å². The Labute approximate surface area is 105 Å². The number of nitrogens with zero attached hydrogens (tertiary/aromatic N) is 1. The Morgan fingerprint density at radius 2 is 1.82 bits per heavy atom. The van der Waals surface area contributed by atoms with Crippen molar-refractivity contribution >= 4 is 11.9 Å². The van der Waals surface area contributed by atoms with Gasteiger partial charge in [0.25, 0.3) is 0 Å². The zero-order valence-corrected chi connectivity index (χ0v) is 10.5. The first-order valence-corrected chi connectivity index (χ1v) is 6.72. The zero-order valence-electron chi connectivity index (χ0n) is 9.65. The Bertz CT molecular complexity index is 394. The Morgan fingerprint density at radius 1 is 1.06 bits per heavy atom. The molecule has 0 saturated carbocycles. The van der Waals surface area contributed by atoms with Crippen LogP contribution in [0.25, 0.3) is 0 Å². The summed E-state index contributed by atoms with van der Waals surface area (Å²) in [6.07, 6.45) is 0. The Kier molecular flexibility index (Phi) is 3.40. The molecule has 1 aromatic carbocycles. The maximum Gasteiger partial charge on any atom is 0.162 e. The van der Waals surface area contributed by atoms with Crippen LogP contribution >= 0.6 is 11.9 Å². The van der Waals surface area contributed by atoms with E-state index >= 15 is 0 Å². The van der Waals surface area contributed by atoms with Gasteiger partial charge in [0, 0.05) is 31.1 Å². The summed E-state index contributed by atoms with van der Waals surface area (Å²) < 4.78 is 13.5. The van der Waals surface area contributed by atoms with E-state index in [0.717, 1.165) is 37.7 Å². The van der Waals surface area contributed by atoms with Gasteiger partial charge in [-0.25, -0.2) is 4.31 Å². The fourth-order valence-electron chi connectivity index (χ4n) is 1.97. The van der Waals surface area contributed by atoms with Crippen LogP contribution in [-0.4, -0.2) is 43.7 Å². The molecular formula is C12H16N2O2S. The molecule has 1 saturated heterocycles. The highest BCUT2D eigenvalue weighted by Crippen LogP contribution is 2.35. The van der Waals surface area contributed by atoms with E-state index in [-0.39, 0.29) is 0 Å². The second-order valence-corrected chi connectivity index (χ2v) is 5.25. The van der Waals surface area contributed by atoms with Gasteiger partial charge in [-0.1, -0.05) is 0 Å². The van der Waals surface area contributed by atoms with Crippen LogP contribution in [-0.2, 0) is 0 Å². The van der Waals surface area contributed by atoms with E-state index in [9.17, 15) is 0 Å². The summed E-state index contributed by atoms with van der Waals surface area (Å²) in [6.45, 7) is 5.60. The van der Waals surface area contributed by atoms with Gasteiger partial charge in [-0.05, 0) is 30.1 Å². The fraction of sp³-hybridized carbons (Fsp3) is 0.500. The fourth-order valence-corrected chi connectivity index (χ4v) is 2.92. The van der Waals surface area contributed by atoms with Gasteiger partial charge in [-0.2, -0.15) is 0 Å². The summed E-state index contributed by atoms with van der Waals surface area (Å²) in [5, 5.41) is 3.35. The molecule has 17 heavy (non-hydrogen) atoms. The van der Waals surface area contributed by atoms with Crippen molar-refractivity contribution in [2.45, 2.75) is 4.90 Å². The second-order valence-electron chi connectivity index (χ2n) is 4.08. The molecule has 0 unspecified atom stereocenters. The first-order chi connectivity index (χ1) is 8.42. The smallest absolute Gasteiger partial charge is 0.162 e. The summed E-state index contributed by atoms with van der Waals surface area (Å²) in [5.41, 5.74) is 0. The molecule has 2 aliphatic heterocycles. The molecule has 2 heterocycles. The number of fused-ring (bicyclic) bond motifs is 1. The average Bonchev–Trinajstić information content (AvgIpc) is 2.40. The van der Waals surface area contributed by atoms with Gasteiger partial charge in [0.1, 0.15) is 13.2 Å². The lowest BCUT2D eigenvalue weighted by Gasteiger charge is -2.26. The highest BCUT2D eigenvalue weighted by atomic mass is 32.2. The molecule has 4 nitrogen and oxygen atoms in total. The summed E-state index contributed by atoms with van der Waals surface area (Å²) in [5.74, 6) is 1.73. The van der Waals surface area contributed by atoms with Gasteiger partial charge in [-0.15, -0.1) is 0 Å². The Balaban J connectivity index is 1.70. The summed E-state index contributed by atoms with van der Waals surface area (Å²) in [6, 6.07) is 6.17.